The minimum Gasteiger partial charge on any atom is -0.291 e. The first-order valence-electron chi connectivity index (χ1n) is 10.5. The third-order valence-corrected chi connectivity index (χ3v) is 8.18. The maximum atomic E-state index is 13.5. The van der Waals surface area contributed by atoms with Crippen molar-refractivity contribution in [1.29, 1.82) is 0 Å². The van der Waals surface area contributed by atoms with Gasteiger partial charge in [-0.25, -0.2) is 4.98 Å². The number of nitrogens with zero attached hydrogens (tertiary/aromatic N) is 3. The molecule has 2 aromatic carbocycles. The first kappa shape index (κ1) is 21.9. The molecular weight excluding hydrogens is 469 g/mol. The fourth-order valence-corrected chi connectivity index (χ4v) is 5.92. The molecule has 3 aromatic heterocycles. The number of aromatic nitrogens is 3. The van der Waals surface area contributed by atoms with E-state index in [-0.39, 0.29) is 5.56 Å². The summed E-state index contributed by atoms with van der Waals surface area (Å²) in [5.41, 5.74) is 4.24. The second-order valence-corrected chi connectivity index (χ2v) is 10.7. The highest BCUT2D eigenvalue weighted by Gasteiger charge is 2.20. The van der Waals surface area contributed by atoms with Gasteiger partial charge in [-0.1, -0.05) is 47.2 Å². The molecule has 3 heterocycles. The molecule has 1 N–H and O–H groups in total. The highest BCUT2D eigenvalue weighted by atomic mass is 32.2. The van der Waals surface area contributed by atoms with E-state index in [1.54, 1.807) is 27.8 Å². The maximum absolute atomic E-state index is 13.5. The molecule has 0 atom stereocenters. The molecule has 5 rings (SSSR count). The van der Waals surface area contributed by atoms with Crippen LogP contribution in [-0.4, -0.2) is 20.5 Å². The molecule has 0 fully saturated rings. The number of aromatic amines is 1. The second-order valence-electron chi connectivity index (χ2n) is 7.65. The van der Waals surface area contributed by atoms with Crippen molar-refractivity contribution in [3.63, 3.8) is 0 Å². The summed E-state index contributed by atoms with van der Waals surface area (Å²) in [6.07, 6.45) is 0. The molecule has 0 saturated carbocycles. The van der Waals surface area contributed by atoms with Gasteiger partial charge < -0.3 is 0 Å². The van der Waals surface area contributed by atoms with E-state index in [2.05, 4.69) is 47.3 Å². The Bertz CT molecular complexity index is 1440. The Kier molecular flexibility index (Phi) is 6.30. The fraction of sp³-hybridized carbons (Fsp3) is 0.160. The van der Waals surface area contributed by atoms with Crippen LogP contribution in [0.1, 0.15) is 28.6 Å². The summed E-state index contributed by atoms with van der Waals surface area (Å²) in [6.45, 7) is 4.57. The lowest BCUT2D eigenvalue weighted by Gasteiger charge is -2.04. The minimum atomic E-state index is -0.110. The second kappa shape index (κ2) is 9.51. The van der Waals surface area contributed by atoms with Crippen LogP contribution in [0.3, 0.4) is 0 Å². The summed E-state index contributed by atoms with van der Waals surface area (Å²) in [6, 6.07) is 20.4. The average molecular weight is 491 g/mol. The Labute approximate surface area is 203 Å². The van der Waals surface area contributed by atoms with Crippen LogP contribution < -0.4 is 5.56 Å². The predicted octanol–water partition coefficient (Wildman–Crippen LogP) is 6.45. The fourth-order valence-electron chi connectivity index (χ4n) is 3.52. The van der Waals surface area contributed by atoms with Crippen LogP contribution in [0.4, 0.5) is 0 Å². The van der Waals surface area contributed by atoms with Gasteiger partial charge in [-0.3, -0.25) is 14.9 Å². The van der Waals surface area contributed by atoms with Crippen molar-refractivity contribution in [3.05, 3.63) is 98.1 Å². The number of aryl methyl sites for hydroxylation is 1. The maximum Gasteiger partial charge on any atom is 0.282 e. The van der Waals surface area contributed by atoms with Crippen LogP contribution in [-0.2, 0) is 12.3 Å². The summed E-state index contributed by atoms with van der Waals surface area (Å²) < 4.78 is 2.61. The molecule has 166 valence electrons. The van der Waals surface area contributed by atoms with Gasteiger partial charge in [0.2, 0.25) is 5.13 Å². The van der Waals surface area contributed by atoms with Crippen molar-refractivity contribution >= 4 is 50.4 Å². The number of hydrogen-bond acceptors (Lipinski definition) is 6. The Hall–Kier alpha value is -2.94. The summed E-state index contributed by atoms with van der Waals surface area (Å²) in [5.74, 6) is 0.636. The quantitative estimate of drug-likeness (QED) is 0.211. The highest BCUT2D eigenvalue weighted by molar-refractivity contribution is 7.98. The summed E-state index contributed by atoms with van der Waals surface area (Å²) in [4.78, 5) is 25.3. The van der Waals surface area contributed by atoms with Gasteiger partial charge in [0.05, 0.1) is 28.0 Å². The first-order chi connectivity index (χ1) is 16.1. The molecule has 8 heteroatoms. The zero-order chi connectivity index (χ0) is 22.8. The smallest absolute Gasteiger partial charge is 0.282 e. The van der Waals surface area contributed by atoms with Crippen molar-refractivity contribution in [2.45, 2.75) is 31.0 Å². The van der Waals surface area contributed by atoms with Crippen LogP contribution in [0, 0.1) is 6.92 Å². The molecule has 5 aromatic rings. The Balaban J connectivity index is 1.53. The molecule has 0 unspecified atom stereocenters. The largest absolute Gasteiger partial charge is 0.291 e. The molecule has 0 saturated heterocycles. The van der Waals surface area contributed by atoms with Gasteiger partial charge in [-0.05, 0) is 49.6 Å². The standard InChI is InChI=1S/C25H22N4OS3/c1-16-9-11-18(12-10-16)32-15-21-23(17(2)26-14-19-6-5-13-31-19)24(30)29(28-21)25-27-20-7-3-4-8-22(20)33-25/h3-13,28H,14-15H2,1-2H3. The molecule has 0 bridgehead atoms. The van der Waals surface area contributed by atoms with Gasteiger partial charge >= 0.3 is 0 Å². The number of fused-ring (bicyclic) bond motifs is 1. The first-order valence-corrected chi connectivity index (χ1v) is 13.2. The van der Waals surface area contributed by atoms with Crippen LogP contribution in [0.15, 0.2) is 80.7 Å². The lowest BCUT2D eigenvalue weighted by molar-refractivity contribution is 0.827. The van der Waals surface area contributed by atoms with E-state index in [0.29, 0.717) is 23.0 Å². The zero-order valence-corrected chi connectivity index (χ0v) is 20.7. The third-order valence-electron chi connectivity index (χ3n) is 5.26. The normalized spacial score (nSPS) is 12.0. The number of para-hydroxylation sites is 1. The van der Waals surface area contributed by atoms with Gasteiger partial charge in [0.1, 0.15) is 0 Å². The zero-order valence-electron chi connectivity index (χ0n) is 18.2. The molecule has 0 radical (unpaired) electrons. The Morgan fingerprint density at radius 1 is 1.12 bits per heavy atom. The van der Waals surface area contributed by atoms with Gasteiger partial charge in [0, 0.05) is 21.2 Å². The van der Waals surface area contributed by atoms with Crippen molar-refractivity contribution in [2.75, 3.05) is 0 Å². The van der Waals surface area contributed by atoms with E-state index in [1.165, 1.54) is 21.8 Å². The number of nitrogens with one attached hydrogen (secondary N) is 1. The van der Waals surface area contributed by atoms with Crippen molar-refractivity contribution in [1.82, 2.24) is 14.8 Å². The van der Waals surface area contributed by atoms with Gasteiger partial charge in [-0.15, -0.1) is 23.1 Å². The van der Waals surface area contributed by atoms with Gasteiger partial charge in [0.25, 0.3) is 5.56 Å². The number of H-pyrrole nitrogens is 1. The minimum absolute atomic E-state index is 0.110. The summed E-state index contributed by atoms with van der Waals surface area (Å²) in [7, 11) is 0. The summed E-state index contributed by atoms with van der Waals surface area (Å²) in [5, 5.41) is 6.02. The third kappa shape index (κ3) is 4.73. The number of benzene rings is 2. The molecule has 0 aliphatic carbocycles. The number of aliphatic imine (C=N–C) groups is 1. The number of thioether (sulfide) groups is 1. The van der Waals surface area contributed by atoms with E-state index in [0.717, 1.165) is 26.5 Å². The molecule has 33 heavy (non-hydrogen) atoms. The topological polar surface area (TPSA) is 63.0 Å². The molecule has 0 amide bonds. The van der Waals surface area contributed by atoms with Crippen LogP contribution >= 0.6 is 34.4 Å². The van der Waals surface area contributed by atoms with Crippen molar-refractivity contribution in [2.24, 2.45) is 4.99 Å². The number of thiazole rings is 1. The SMILES string of the molecule is CC(=NCc1cccs1)c1c(CSc2ccc(C)cc2)[nH]n(-c2nc3ccccc3s2)c1=O. The van der Waals surface area contributed by atoms with E-state index >= 15 is 0 Å². The van der Waals surface area contributed by atoms with Crippen molar-refractivity contribution in [3.8, 4) is 5.13 Å². The van der Waals surface area contributed by atoms with Crippen LogP contribution in [0.2, 0.25) is 0 Å². The van der Waals surface area contributed by atoms with E-state index in [9.17, 15) is 4.79 Å². The van der Waals surface area contributed by atoms with Gasteiger partial charge in [0.15, 0.2) is 0 Å². The average Bonchev–Trinajstić information content (AvgIpc) is 3.55. The number of hydrogen-bond donors (Lipinski definition) is 1. The lowest BCUT2D eigenvalue weighted by Crippen LogP contribution is -2.19. The van der Waals surface area contributed by atoms with E-state index in [1.807, 2.05) is 42.6 Å². The van der Waals surface area contributed by atoms with Crippen LogP contribution in [0.5, 0.6) is 0 Å². The number of rotatable bonds is 7. The molecular formula is C25H22N4OS3. The lowest BCUT2D eigenvalue weighted by atomic mass is 10.2. The molecule has 0 aliphatic heterocycles. The highest BCUT2D eigenvalue weighted by Crippen LogP contribution is 2.26. The van der Waals surface area contributed by atoms with E-state index in [4.69, 9.17) is 4.99 Å². The molecule has 0 spiro atoms. The molecule has 5 nitrogen and oxygen atoms in total. The summed E-state index contributed by atoms with van der Waals surface area (Å²) >= 11 is 4.87. The monoisotopic (exact) mass is 490 g/mol. The Morgan fingerprint density at radius 2 is 1.94 bits per heavy atom. The predicted molar refractivity (Wildman–Crippen MR) is 141 cm³/mol. The van der Waals surface area contributed by atoms with Gasteiger partial charge in [-0.2, -0.15) is 4.68 Å². The number of thiophene rings is 1. The Morgan fingerprint density at radius 3 is 2.70 bits per heavy atom. The van der Waals surface area contributed by atoms with Crippen LogP contribution in [0.25, 0.3) is 15.3 Å². The molecule has 0 aliphatic rings. The van der Waals surface area contributed by atoms with Crippen molar-refractivity contribution < 1.29 is 0 Å². The van der Waals surface area contributed by atoms with E-state index < -0.39 is 0 Å².